The Bertz CT molecular complexity index is 498. The van der Waals surface area contributed by atoms with Crippen molar-refractivity contribution in [3.05, 3.63) is 24.3 Å². The molecule has 5 heteroatoms. The highest BCUT2D eigenvalue weighted by atomic mass is 32.1. The van der Waals surface area contributed by atoms with Crippen LogP contribution in [-0.2, 0) is 4.79 Å². The second-order valence-corrected chi connectivity index (χ2v) is 5.12. The van der Waals surface area contributed by atoms with Crippen molar-refractivity contribution in [2.24, 2.45) is 11.1 Å². The van der Waals surface area contributed by atoms with Gasteiger partial charge in [0.05, 0.1) is 22.7 Å². The quantitative estimate of drug-likeness (QED) is 0.812. The molecule has 0 unspecified atom stereocenters. The van der Waals surface area contributed by atoms with Crippen LogP contribution in [0.1, 0.15) is 26.2 Å². The van der Waals surface area contributed by atoms with Crippen LogP contribution >= 0.6 is 12.2 Å². The smallest absolute Gasteiger partial charge is 0.237 e. The molecule has 3 N–H and O–H groups in total. The Labute approximate surface area is 118 Å². The van der Waals surface area contributed by atoms with E-state index in [-0.39, 0.29) is 10.9 Å². The van der Waals surface area contributed by atoms with Gasteiger partial charge in [0, 0.05) is 0 Å². The summed E-state index contributed by atoms with van der Waals surface area (Å²) >= 11 is 5.04. The molecule has 102 valence electrons. The zero-order chi connectivity index (χ0) is 13.9. The maximum atomic E-state index is 12.4. The largest absolute Gasteiger partial charge is 0.492 e. The lowest BCUT2D eigenvalue weighted by molar-refractivity contribution is -0.125. The number of anilines is 1. The summed E-state index contributed by atoms with van der Waals surface area (Å²) in [7, 11) is 0. The molecule has 1 saturated carbocycles. The molecule has 0 aromatic heterocycles. The number of nitrogens with one attached hydrogen (secondary N) is 1. The van der Waals surface area contributed by atoms with Gasteiger partial charge in [0.1, 0.15) is 5.75 Å². The molecular weight excluding hydrogens is 260 g/mol. The molecule has 0 radical (unpaired) electrons. The number of hydrogen-bond acceptors (Lipinski definition) is 3. The number of benzene rings is 1. The summed E-state index contributed by atoms with van der Waals surface area (Å²) in [5.74, 6) is 0.536. The zero-order valence-electron chi connectivity index (χ0n) is 10.9. The number of nitrogens with two attached hydrogens (primary N) is 1. The van der Waals surface area contributed by atoms with E-state index in [2.05, 4.69) is 5.32 Å². The molecule has 4 nitrogen and oxygen atoms in total. The lowest BCUT2D eigenvalue weighted by Crippen LogP contribution is -2.50. The standard InChI is InChI=1S/C14H18N2O2S/c1-2-18-11-7-4-3-6-10(11)16-13(17)14(12(15)19)8-5-9-14/h3-4,6-7H,2,5,8-9H2,1H3,(H2,15,19)(H,16,17). The van der Waals surface area contributed by atoms with Crippen LogP contribution in [0.25, 0.3) is 0 Å². The SMILES string of the molecule is CCOc1ccccc1NC(=O)C1(C(N)=S)CCC1. The Morgan fingerprint density at radius 2 is 2.16 bits per heavy atom. The fourth-order valence-electron chi connectivity index (χ4n) is 2.21. The minimum absolute atomic E-state index is 0.126. The molecular formula is C14H18N2O2S. The molecule has 0 atom stereocenters. The van der Waals surface area contributed by atoms with Gasteiger partial charge in [-0.3, -0.25) is 4.79 Å². The molecule has 1 aliphatic rings. The van der Waals surface area contributed by atoms with Crippen LogP contribution < -0.4 is 15.8 Å². The van der Waals surface area contributed by atoms with Crippen molar-refractivity contribution < 1.29 is 9.53 Å². The summed E-state index contributed by atoms with van der Waals surface area (Å²) in [4.78, 5) is 12.7. The van der Waals surface area contributed by atoms with Crippen LogP contribution in [0.15, 0.2) is 24.3 Å². The van der Waals surface area contributed by atoms with Crippen LogP contribution in [0.4, 0.5) is 5.69 Å². The lowest BCUT2D eigenvalue weighted by atomic mass is 9.68. The predicted molar refractivity (Wildman–Crippen MR) is 79.3 cm³/mol. The second-order valence-electron chi connectivity index (χ2n) is 4.68. The zero-order valence-corrected chi connectivity index (χ0v) is 11.8. The Hall–Kier alpha value is -1.62. The summed E-state index contributed by atoms with van der Waals surface area (Å²) in [6.07, 6.45) is 2.44. The number of carbonyl (C=O) groups excluding carboxylic acids is 1. The van der Waals surface area contributed by atoms with Gasteiger partial charge >= 0.3 is 0 Å². The first-order chi connectivity index (χ1) is 9.10. The van der Waals surface area contributed by atoms with Crippen LogP contribution in [0.3, 0.4) is 0 Å². The molecule has 1 fully saturated rings. The van der Waals surface area contributed by atoms with Crippen molar-refractivity contribution in [2.45, 2.75) is 26.2 Å². The van der Waals surface area contributed by atoms with Gasteiger partial charge in [0.15, 0.2) is 0 Å². The van der Waals surface area contributed by atoms with E-state index in [1.54, 1.807) is 0 Å². The molecule has 2 rings (SSSR count). The molecule has 1 aliphatic carbocycles. The molecule has 1 amide bonds. The molecule has 0 saturated heterocycles. The third kappa shape index (κ3) is 2.56. The van der Waals surface area contributed by atoms with Crippen LogP contribution in [0, 0.1) is 5.41 Å². The third-order valence-corrected chi connectivity index (χ3v) is 3.94. The van der Waals surface area contributed by atoms with E-state index in [1.807, 2.05) is 31.2 Å². The number of para-hydroxylation sites is 2. The average molecular weight is 278 g/mol. The maximum Gasteiger partial charge on any atom is 0.237 e. The van der Waals surface area contributed by atoms with Crippen molar-refractivity contribution in [2.75, 3.05) is 11.9 Å². The molecule has 19 heavy (non-hydrogen) atoms. The first-order valence-electron chi connectivity index (χ1n) is 6.43. The summed E-state index contributed by atoms with van der Waals surface area (Å²) in [5, 5.41) is 2.89. The number of thiocarbonyl (C=S) groups is 1. The molecule has 0 aliphatic heterocycles. The van der Waals surface area contributed by atoms with Crippen LogP contribution in [0.5, 0.6) is 5.75 Å². The minimum atomic E-state index is -0.672. The summed E-state index contributed by atoms with van der Waals surface area (Å²) in [6.45, 7) is 2.45. The van der Waals surface area contributed by atoms with Gasteiger partial charge < -0.3 is 15.8 Å². The molecule has 1 aromatic rings. The van der Waals surface area contributed by atoms with Crippen molar-refractivity contribution in [1.29, 1.82) is 0 Å². The van der Waals surface area contributed by atoms with E-state index in [9.17, 15) is 4.79 Å². The maximum absolute atomic E-state index is 12.4. The normalized spacial score (nSPS) is 16.3. The van der Waals surface area contributed by atoms with Gasteiger partial charge in [0.2, 0.25) is 5.91 Å². The fraction of sp³-hybridized carbons (Fsp3) is 0.429. The first-order valence-corrected chi connectivity index (χ1v) is 6.84. The Kier molecular flexibility index (Phi) is 4.04. The third-order valence-electron chi connectivity index (χ3n) is 3.55. The molecule has 1 aromatic carbocycles. The second kappa shape index (κ2) is 5.57. The van der Waals surface area contributed by atoms with Crippen molar-refractivity contribution in [1.82, 2.24) is 0 Å². The van der Waals surface area contributed by atoms with E-state index in [4.69, 9.17) is 22.7 Å². The van der Waals surface area contributed by atoms with Gasteiger partial charge in [-0.25, -0.2) is 0 Å². The van der Waals surface area contributed by atoms with E-state index < -0.39 is 5.41 Å². The number of rotatable bonds is 5. The predicted octanol–water partition coefficient (Wildman–Crippen LogP) is 2.48. The lowest BCUT2D eigenvalue weighted by Gasteiger charge is -2.39. The topological polar surface area (TPSA) is 64.3 Å². The molecule has 0 spiro atoms. The van der Waals surface area contributed by atoms with Gasteiger partial charge in [-0.05, 0) is 31.9 Å². The fourth-order valence-corrected chi connectivity index (χ4v) is 2.51. The van der Waals surface area contributed by atoms with Crippen molar-refractivity contribution >= 4 is 28.8 Å². The number of hydrogen-bond donors (Lipinski definition) is 2. The van der Waals surface area contributed by atoms with Crippen LogP contribution in [-0.4, -0.2) is 17.5 Å². The van der Waals surface area contributed by atoms with E-state index in [1.165, 1.54) is 0 Å². The monoisotopic (exact) mass is 278 g/mol. The van der Waals surface area contributed by atoms with Gasteiger partial charge in [-0.15, -0.1) is 0 Å². The summed E-state index contributed by atoms with van der Waals surface area (Å²) in [6, 6.07) is 7.36. The van der Waals surface area contributed by atoms with Crippen LogP contribution in [0.2, 0.25) is 0 Å². The number of amides is 1. The van der Waals surface area contributed by atoms with E-state index in [0.717, 1.165) is 19.3 Å². The average Bonchev–Trinajstić information content (AvgIpc) is 2.30. The number of ether oxygens (including phenoxy) is 1. The van der Waals surface area contributed by atoms with Crippen molar-refractivity contribution in [3.63, 3.8) is 0 Å². The van der Waals surface area contributed by atoms with Gasteiger partial charge in [0.25, 0.3) is 0 Å². The molecule has 0 bridgehead atoms. The summed E-state index contributed by atoms with van der Waals surface area (Å²) < 4.78 is 5.48. The highest BCUT2D eigenvalue weighted by molar-refractivity contribution is 7.80. The Morgan fingerprint density at radius 3 is 2.68 bits per heavy atom. The first kappa shape index (κ1) is 13.8. The Morgan fingerprint density at radius 1 is 1.47 bits per heavy atom. The summed E-state index contributed by atoms with van der Waals surface area (Å²) in [5.41, 5.74) is 5.72. The van der Waals surface area contributed by atoms with E-state index >= 15 is 0 Å². The Balaban J connectivity index is 2.17. The highest BCUT2D eigenvalue weighted by Gasteiger charge is 2.47. The highest BCUT2D eigenvalue weighted by Crippen LogP contribution is 2.42. The van der Waals surface area contributed by atoms with Crippen molar-refractivity contribution in [3.8, 4) is 5.75 Å². The number of carbonyl (C=O) groups is 1. The van der Waals surface area contributed by atoms with Gasteiger partial charge in [-0.2, -0.15) is 0 Å². The van der Waals surface area contributed by atoms with Gasteiger partial charge in [-0.1, -0.05) is 30.8 Å². The minimum Gasteiger partial charge on any atom is -0.492 e. The molecule has 0 heterocycles. The van der Waals surface area contributed by atoms with E-state index in [0.29, 0.717) is 18.0 Å².